The highest BCUT2D eigenvalue weighted by atomic mass is 35.5. The Bertz CT molecular complexity index is 1410. The topological polar surface area (TPSA) is 64.0 Å². The number of nitrogens with zero attached hydrogens (tertiary/aromatic N) is 2. The van der Waals surface area contributed by atoms with Gasteiger partial charge < -0.3 is 9.88 Å². The summed E-state index contributed by atoms with van der Waals surface area (Å²) in [6.45, 7) is 0.0605. The van der Waals surface area contributed by atoms with E-state index < -0.39 is 0 Å². The molecular weight excluding hydrogens is 406 g/mol. The minimum Gasteiger partial charge on any atom is -0.331 e. The largest absolute Gasteiger partial charge is 0.331 e. The van der Waals surface area contributed by atoms with E-state index in [-0.39, 0.29) is 17.9 Å². The summed E-state index contributed by atoms with van der Waals surface area (Å²) in [5, 5.41) is 5.09. The number of fused-ring (bicyclic) bond motifs is 3. The molecule has 5 aromatic rings. The van der Waals surface area contributed by atoms with Crippen molar-refractivity contribution in [3.8, 4) is 0 Å². The number of pyridine rings is 1. The normalized spacial score (nSPS) is 11.3. The maximum absolute atomic E-state index is 12.8. The number of nitrogens with one attached hydrogen (secondary N) is 1. The van der Waals surface area contributed by atoms with Crippen molar-refractivity contribution in [3.63, 3.8) is 0 Å². The fourth-order valence-corrected chi connectivity index (χ4v) is 4.70. The van der Waals surface area contributed by atoms with E-state index in [0.29, 0.717) is 26.4 Å². The highest BCUT2D eigenvalue weighted by molar-refractivity contribution is 7.22. The molecule has 1 amide bonds. The second-order valence-corrected chi connectivity index (χ2v) is 8.04. The van der Waals surface area contributed by atoms with E-state index in [1.807, 2.05) is 53.1 Å². The molecule has 0 aliphatic rings. The Hall–Kier alpha value is -3.22. The van der Waals surface area contributed by atoms with Gasteiger partial charge in [0.25, 0.3) is 0 Å². The SMILES string of the molecule is O=C(Cn1c2ccccc2c(=O)c2ccccc21)Nc1nc2c(Cl)cccc2s1. The summed E-state index contributed by atoms with van der Waals surface area (Å²) in [6, 6.07) is 20.2. The maximum atomic E-state index is 12.8. The van der Waals surface area contributed by atoms with E-state index in [1.54, 1.807) is 18.2 Å². The second-order valence-electron chi connectivity index (χ2n) is 6.60. The third-order valence-corrected chi connectivity index (χ3v) is 6.04. The van der Waals surface area contributed by atoms with Crippen LogP contribution in [-0.2, 0) is 11.3 Å². The first-order chi connectivity index (χ1) is 14.1. The van der Waals surface area contributed by atoms with Crippen molar-refractivity contribution in [2.24, 2.45) is 0 Å². The number of para-hydroxylation sites is 3. The van der Waals surface area contributed by atoms with Crippen molar-refractivity contribution in [2.75, 3.05) is 5.32 Å². The smallest absolute Gasteiger partial charge is 0.246 e. The lowest BCUT2D eigenvalue weighted by molar-refractivity contribution is -0.116. The van der Waals surface area contributed by atoms with Crippen LogP contribution in [0.5, 0.6) is 0 Å². The third kappa shape index (κ3) is 3.06. The fourth-order valence-electron chi connectivity index (χ4n) is 3.52. The van der Waals surface area contributed by atoms with E-state index in [9.17, 15) is 9.59 Å². The number of carbonyl (C=O) groups excluding carboxylic acids is 1. The molecule has 2 heterocycles. The summed E-state index contributed by atoms with van der Waals surface area (Å²) in [6.07, 6.45) is 0. The monoisotopic (exact) mass is 419 g/mol. The Morgan fingerprint density at radius 3 is 2.28 bits per heavy atom. The van der Waals surface area contributed by atoms with Gasteiger partial charge in [0, 0.05) is 10.8 Å². The average Bonchev–Trinajstić information content (AvgIpc) is 3.15. The van der Waals surface area contributed by atoms with E-state index in [0.717, 1.165) is 15.7 Å². The molecule has 0 saturated carbocycles. The lowest BCUT2D eigenvalue weighted by atomic mass is 10.1. The van der Waals surface area contributed by atoms with Crippen LogP contribution in [0.1, 0.15) is 0 Å². The highest BCUT2D eigenvalue weighted by Crippen LogP contribution is 2.30. The van der Waals surface area contributed by atoms with E-state index in [4.69, 9.17) is 11.6 Å². The third-order valence-electron chi connectivity index (χ3n) is 4.80. The van der Waals surface area contributed by atoms with Gasteiger partial charge in [-0.2, -0.15) is 0 Å². The van der Waals surface area contributed by atoms with Gasteiger partial charge in [-0.15, -0.1) is 0 Å². The number of hydrogen-bond acceptors (Lipinski definition) is 4. The van der Waals surface area contributed by atoms with Gasteiger partial charge in [0.05, 0.1) is 20.8 Å². The number of thiazole rings is 1. The van der Waals surface area contributed by atoms with Gasteiger partial charge in [-0.1, -0.05) is 53.3 Å². The van der Waals surface area contributed by atoms with Crippen molar-refractivity contribution >= 4 is 66.0 Å². The van der Waals surface area contributed by atoms with Crippen LogP contribution >= 0.6 is 22.9 Å². The predicted molar refractivity (Wildman–Crippen MR) is 119 cm³/mol. The van der Waals surface area contributed by atoms with Crippen LogP contribution in [0.4, 0.5) is 5.13 Å². The number of amides is 1. The van der Waals surface area contributed by atoms with Crippen LogP contribution in [0.25, 0.3) is 32.0 Å². The zero-order valence-electron chi connectivity index (χ0n) is 15.1. The van der Waals surface area contributed by atoms with Crippen molar-refractivity contribution < 1.29 is 4.79 Å². The van der Waals surface area contributed by atoms with Gasteiger partial charge in [0.2, 0.25) is 5.91 Å². The predicted octanol–water partition coefficient (Wildman–Crippen LogP) is 5.06. The summed E-state index contributed by atoms with van der Waals surface area (Å²) in [4.78, 5) is 30.1. The molecule has 1 N–H and O–H groups in total. The Morgan fingerprint density at radius 2 is 1.62 bits per heavy atom. The lowest BCUT2D eigenvalue weighted by Gasteiger charge is -2.14. The van der Waals surface area contributed by atoms with Gasteiger partial charge >= 0.3 is 0 Å². The molecule has 0 aliphatic carbocycles. The lowest BCUT2D eigenvalue weighted by Crippen LogP contribution is -2.21. The number of rotatable bonds is 3. The number of anilines is 1. The summed E-state index contributed by atoms with van der Waals surface area (Å²) in [5.41, 5.74) is 2.08. The molecule has 0 radical (unpaired) electrons. The highest BCUT2D eigenvalue weighted by Gasteiger charge is 2.14. The van der Waals surface area contributed by atoms with Gasteiger partial charge in [-0.3, -0.25) is 9.59 Å². The number of carbonyl (C=O) groups is 1. The van der Waals surface area contributed by atoms with Crippen molar-refractivity contribution in [1.29, 1.82) is 0 Å². The summed E-state index contributed by atoms with van der Waals surface area (Å²) < 4.78 is 2.77. The summed E-state index contributed by atoms with van der Waals surface area (Å²) in [7, 11) is 0. The average molecular weight is 420 g/mol. The Balaban J connectivity index is 1.56. The number of benzene rings is 3. The first-order valence-electron chi connectivity index (χ1n) is 8.97. The molecule has 0 saturated heterocycles. The molecule has 0 aliphatic heterocycles. The van der Waals surface area contributed by atoms with Crippen LogP contribution in [0.15, 0.2) is 71.5 Å². The van der Waals surface area contributed by atoms with Crippen molar-refractivity contribution in [2.45, 2.75) is 6.54 Å². The maximum Gasteiger partial charge on any atom is 0.246 e. The second kappa shape index (κ2) is 6.99. The molecule has 3 aromatic carbocycles. The van der Waals surface area contributed by atoms with Gasteiger partial charge in [0.15, 0.2) is 10.6 Å². The van der Waals surface area contributed by atoms with E-state index in [2.05, 4.69) is 10.3 Å². The van der Waals surface area contributed by atoms with Gasteiger partial charge in [-0.05, 0) is 36.4 Å². The van der Waals surface area contributed by atoms with Crippen molar-refractivity contribution in [1.82, 2.24) is 9.55 Å². The molecule has 5 rings (SSSR count). The Morgan fingerprint density at radius 1 is 0.966 bits per heavy atom. The molecular formula is C22H14ClN3O2S. The summed E-state index contributed by atoms with van der Waals surface area (Å²) in [5.74, 6) is -0.223. The van der Waals surface area contributed by atoms with Crippen LogP contribution in [0, 0.1) is 0 Å². The standard InChI is InChI=1S/C22H14ClN3O2S/c23-15-8-5-11-18-20(15)25-22(29-18)24-19(27)12-26-16-9-3-1-6-13(16)21(28)14-7-2-4-10-17(14)26/h1-11H,12H2,(H,24,25,27). The molecule has 0 fully saturated rings. The Labute approximate surface area is 174 Å². The van der Waals surface area contributed by atoms with Gasteiger partial charge in [-0.25, -0.2) is 4.98 Å². The molecule has 0 atom stereocenters. The summed E-state index contributed by atoms with van der Waals surface area (Å²) >= 11 is 7.55. The van der Waals surface area contributed by atoms with E-state index >= 15 is 0 Å². The van der Waals surface area contributed by atoms with Gasteiger partial charge in [0.1, 0.15) is 12.1 Å². The minimum atomic E-state index is -0.223. The minimum absolute atomic E-state index is 0.0336. The molecule has 0 spiro atoms. The molecule has 0 bridgehead atoms. The van der Waals surface area contributed by atoms with Crippen LogP contribution < -0.4 is 10.7 Å². The molecule has 2 aromatic heterocycles. The number of hydrogen-bond donors (Lipinski definition) is 1. The number of aromatic nitrogens is 2. The molecule has 0 unspecified atom stereocenters. The molecule has 5 nitrogen and oxygen atoms in total. The Kier molecular flexibility index (Phi) is 4.30. The zero-order valence-corrected chi connectivity index (χ0v) is 16.6. The molecule has 7 heteroatoms. The number of halogens is 1. The zero-order chi connectivity index (χ0) is 20.0. The quantitative estimate of drug-likeness (QED) is 0.416. The first-order valence-corrected chi connectivity index (χ1v) is 10.2. The first kappa shape index (κ1) is 17.8. The van der Waals surface area contributed by atoms with Crippen LogP contribution in [0.3, 0.4) is 0 Å². The fraction of sp³-hybridized carbons (Fsp3) is 0.0455. The van der Waals surface area contributed by atoms with Crippen LogP contribution in [0.2, 0.25) is 5.02 Å². The van der Waals surface area contributed by atoms with Crippen molar-refractivity contribution in [3.05, 3.63) is 82.0 Å². The molecule has 29 heavy (non-hydrogen) atoms. The van der Waals surface area contributed by atoms with E-state index in [1.165, 1.54) is 11.3 Å². The molecule has 142 valence electrons. The van der Waals surface area contributed by atoms with Crippen LogP contribution in [-0.4, -0.2) is 15.5 Å².